The quantitative estimate of drug-likeness (QED) is 0.749. The largest absolute Gasteiger partial charge is 0.497 e. The van der Waals surface area contributed by atoms with E-state index in [2.05, 4.69) is 5.32 Å². The van der Waals surface area contributed by atoms with Crippen molar-refractivity contribution in [3.05, 3.63) is 53.6 Å². The summed E-state index contributed by atoms with van der Waals surface area (Å²) in [7, 11) is 1.63. The van der Waals surface area contributed by atoms with Crippen molar-refractivity contribution in [2.75, 3.05) is 26.9 Å². The van der Waals surface area contributed by atoms with Crippen molar-refractivity contribution in [1.82, 2.24) is 5.32 Å². The Morgan fingerprint density at radius 2 is 1.88 bits per heavy atom. The molecule has 0 aliphatic carbocycles. The van der Waals surface area contributed by atoms with E-state index in [9.17, 15) is 4.79 Å². The van der Waals surface area contributed by atoms with Crippen molar-refractivity contribution in [1.29, 1.82) is 5.26 Å². The molecular weight excluding hydrogens is 332 g/mol. The van der Waals surface area contributed by atoms with Gasteiger partial charge in [-0.15, -0.1) is 0 Å². The zero-order valence-corrected chi connectivity index (χ0v) is 15.0. The van der Waals surface area contributed by atoms with Gasteiger partial charge in [0.15, 0.2) is 18.1 Å². The third-order valence-corrected chi connectivity index (χ3v) is 3.63. The van der Waals surface area contributed by atoms with Gasteiger partial charge in [0.2, 0.25) is 0 Å². The van der Waals surface area contributed by atoms with Crippen LogP contribution in [0.15, 0.2) is 42.5 Å². The first-order chi connectivity index (χ1) is 12.7. The zero-order valence-electron chi connectivity index (χ0n) is 15.0. The second-order valence-electron chi connectivity index (χ2n) is 5.44. The summed E-state index contributed by atoms with van der Waals surface area (Å²) in [6, 6.07) is 14.6. The topological polar surface area (TPSA) is 80.6 Å². The molecule has 0 saturated carbocycles. The predicted molar refractivity (Wildman–Crippen MR) is 97.5 cm³/mol. The average Bonchev–Trinajstić information content (AvgIpc) is 2.67. The average molecular weight is 354 g/mol. The van der Waals surface area contributed by atoms with Gasteiger partial charge in [0.25, 0.3) is 5.91 Å². The minimum atomic E-state index is -0.217. The van der Waals surface area contributed by atoms with E-state index in [0.717, 1.165) is 17.7 Å². The van der Waals surface area contributed by atoms with Gasteiger partial charge in [0.1, 0.15) is 5.75 Å². The van der Waals surface area contributed by atoms with Gasteiger partial charge in [0.05, 0.1) is 25.3 Å². The van der Waals surface area contributed by atoms with Gasteiger partial charge in [-0.05, 0) is 43.2 Å². The van der Waals surface area contributed by atoms with Crippen LogP contribution in [0.25, 0.3) is 0 Å². The Morgan fingerprint density at radius 1 is 1.12 bits per heavy atom. The molecule has 0 aromatic heterocycles. The minimum absolute atomic E-state index is 0.116. The number of nitrogens with one attached hydrogen (secondary N) is 1. The number of hydrogen-bond acceptors (Lipinski definition) is 5. The normalized spacial score (nSPS) is 9.88. The van der Waals surface area contributed by atoms with Gasteiger partial charge in [-0.1, -0.05) is 12.1 Å². The van der Waals surface area contributed by atoms with E-state index in [4.69, 9.17) is 19.5 Å². The molecular formula is C20H22N2O4. The van der Waals surface area contributed by atoms with Gasteiger partial charge in [-0.25, -0.2) is 0 Å². The number of carbonyl (C=O) groups excluding carboxylic acids is 1. The minimum Gasteiger partial charge on any atom is -0.497 e. The van der Waals surface area contributed by atoms with Crippen LogP contribution in [0.4, 0.5) is 0 Å². The number of nitriles is 1. The number of amides is 1. The fraction of sp³-hybridized carbons (Fsp3) is 0.300. The fourth-order valence-electron chi connectivity index (χ4n) is 2.30. The lowest BCUT2D eigenvalue weighted by Gasteiger charge is -2.12. The lowest BCUT2D eigenvalue weighted by molar-refractivity contribution is -0.123. The molecule has 0 fully saturated rings. The Balaban J connectivity index is 1.80. The summed E-state index contributed by atoms with van der Waals surface area (Å²) in [6.07, 6.45) is 0.719. The highest BCUT2D eigenvalue weighted by atomic mass is 16.5. The predicted octanol–water partition coefficient (Wildman–Crippen LogP) is 2.70. The SMILES string of the molecule is CCOc1cc(C#N)ccc1OCC(=O)NCCc1ccc(OC)cc1. The summed E-state index contributed by atoms with van der Waals surface area (Å²) in [6.45, 7) is 2.68. The van der Waals surface area contributed by atoms with E-state index in [1.54, 1.807) is 25.3 Å². The Kier molecular flexibility index (Phi) is 7.31. The van der Waals surface area contributed by atoms with E-state index < -0.39 is 0 Å². The Morgan fingerprint density at radius 3 is 2.54 bits per heavy atom. The highest BCUT2D eigenvalue weighted by Gasteiger charge is 2.09. The van der Waals surface area contributed by atoms with Crippen molar-refractivity contribution in [2.24, 2.45) is 0 Å². The molecule has 2 rings (SSSR count). The van der Waals surface area contributed by atoms with E-state index >= 15 is 0 Å². The van der Waals surface area contributed by atoms with Crippen molar-refractivity contribution in [2.45, 2.75) is 13.3 Å². The number of nitrogens with zero attached hydrogens (tertiary/aromatic N) is 1. The zero-order chi connectivity index (χ0) is 18.8. The number of methoxy groups -OCH3 is 1. The van der Waals surface area contributed by atoms with Crippen LogP contribution in [0.5, 0.6) is 17.2 Å². The van der Waals surface area contributed by atoms with Crippen LogP contribution in [-0.4, -0.2) is 32.8 Å². The molecule has 2 aromatic carbocycles. The highest BCUT2D eigenvalue weighted by molar-refractivity contribution is 5.77. The molecule has 0 saturated heterocycles. The fourth-order valence-corrected chi connectivity index (χ4v) is 2.30. The van der Waals surface area contributed by atoms with Crippen LogP contribution in [-0.2, 0) is 11.2 Å². The van der Waals surface area contributed by atoms with Crippen molar-refractivity contribution in [3.63, 3.8) is 0 Å². The summed E-state index contributed by atoms with van der Waals surface area (Å²) < 4.78 is 16.1. The maximum Gasteiger partial charge on any atom is 0.257 e. The molecule has 2 aromatic rings. The van der Waals surface area contributed by atoms with Crippen LogP contribution < -0.4 is 19.5 Å². The number of rotatable bonds is 9. The molecule has 0 bridgehead atoms. The van der Waals surface area contributed by atoms with Gasteiger partial charge in [-0.3, -0.25) is 4.79 Å². The first kappa shape index (κ1) is 19.1. The molecule has 6 nitrogen and oxygen atoms in total. The molecule has 0 aliphatic rings. The standard InChI is InChI=1S/C20H22N2O4/c1-3-25-19-12-16(13-21)6-9-18(19)26-14-20(23)22-11-10-15-4-7-17(24-2)8-5-15/h4-9,12H,3,10-11,14H2,1-2H3,(H,22,23). The number of hydrogen-bond donors (Lipinski definition) is 1. The summed E-state index contributed by atoms with van der Waals surface area (Å²) in [4.78, 5) is 12.0. The monoisotopic (exact) mass is 354 g/mol. The Bertz CT molecular complexity index is 766. The Labute approximate surface area is 153 Å². The molecule has 0 aliphatic heterocycles. The third-order valence-electron chi connectivity index (χ3n) is 3.63. The van der Waals surface area contributed by atoms with Crippen LogP contribution in [0.1, 0.15) is 18.1 Å². The van der Waals surface area contributed by atoms with Gasteiger partial charge in [0, 0.05) is 12.6 Å². The van der Waals surface area contributed by atoms with Gasteiger partial charge in [-0.2, -0.15) is 5.26 Å². The molecule has 0 atom stereocenters. The second kappa shape index (κ2) is 9.94. The molecule has 0 heterocycles. The van der Waals surface area contributed by atoms with Crippen LogP contribution >= 0.6 is 0 Å². The molecule has 1 N–H and O–H groups in total. The number of benzene rings is 2. The van der Waals surface area contributed by atoms with Crippen molar-refractivity contribution < 1.29 is 19.0 Å². The van der Waals surface area contributed by atoms with Crippen LogP contribution in [0.2, 0.25) is 0 Å². The number of carbonyl (C=O) groups is 1. The molecule has 1 amide bonds. The summed E-state index contributed by atoms with van der Waals surface area (Å²) in [5.74, 6) is 1.48. The Hall–Kier alpha value is -3.20. The third kappa shape index (κ3) is 5.71. The summed E-state index contributed by atoms with van der Waals surface area (Å²) in [5, 5.41) is 11.8. The van der Waals surface area contributed by atoms with Crippen LogP contribution in [0.3, 0.4) is 0 Å². The van der Waals surface area contributed by atoms with Crippen molar-refractivity contribution >= 4 is 5.91 Å². The molecule has 136 valence electrons. The maximum atomic E-state index is 12.0. The summed E-state index contributed by atoms with van der Waals surface area (Å²) in [5.41, 5.74) is 1.59. The lowest BCUT2D eigenvalue weighted by atomic mass is 10.1. The van der Waals surface area contributed by atoms with Gasteiger partial charge < -0.3 is 19.5 Å². The van der Waals surface area contributed by atoms with Crippen LogP contribution in [0, 0.1) is 11.3 Å². The number of ether oxygens (including phenoxy) is 3. The molecule has 0 spiro atoms. The highest BCUT2D eigenvalue weighted by Crippen LogP contribution is 2.28. The molecule has 6 heteroatoms. The van der Waals surface area contributed by atoms with Gasteiger partial charge >= 0.3 is 0 Å². The lowest BCUT2D eigenvalue weighted by Crippen LogP contribution is -2.30. The van der Waals surface area contributed by atoms with E-state index in [1.165, 1.54) is 0 Å². The smallest absolute Gasteiger partial charge is 0.257 e. The van der Waals surface area contributed by atoms with E-state index in [-0.39, 0.29) is 12.5 Å². The van der Waals surface area contributed by atoms with E-state index in [1.807, 2.05) is 37.3 Å². The van der Waals surface area contributed by atoms with E-state index in [0.29, 0.717) is 30.2 Å². The maximum absolute atomic E-state index is 12.0. The first-order valence-electron chi connectivity index (χ1n) is 8.35. The summed E-state index contributed by atoms with van der Waals surface area (Å²) >= 11 is 0. The van der Waals surface area contributed by atoms with Crippen molar-refractivity contribution in [3.8, 4) is 23.3 Å². The molecule has 26 heavy (non-hydrogen) atoms. The molecule has 0 unspecified atom stereocenters. The second-order valence-corrected chi connectivity index (χ2v) is 5.44. The molecule has 0 radical (unpaired) electrons. The first-order valence-corrected chi connectivity index (χ1v) is 8.35.